The average molecular weight is 360 g/mol. The van der Waals surface area contributed by atoms with E-state index in [-0.39, 0.29) is 30.5 Å². The molecule has 6 heteroatoms. The van der Waals surface area contributed by atoms with Gasteiger partial charge >= 0.3 is 5.97 Å². The molecule has 0 aliphatic carbocycles. The Balaban J connectivity index is 2.94. The lowest BCUT2D eigenvalue weighted by Crippen LogP contribution is -2.54. The number of likely N-dealkylation sites (N-methyl/N-ethyl adjacent to an activating group) is 1. The van der Waals surface area contributed by atoms with Crippen LogP contribution in [0.2, 0.25) is 0 Å². The Labute approximate surface area is 152 Å². The maximum Gasteiger partial charge on any atom is 0.308 e. The second-order valence-corrected chi connectivity index (χ2v) is 8.68. The molecular formula is C19H37NO5. The summed E-state index contributed by atoms with van der Waals surface area (Å²) in [6.45, 7) is 9.47. The van der Waals surface area contributed by atoms with Gasteiger partial charge in [0, 0.05) is 6.04 Å². The van der Waals surface area contributed by atoms with Crippen LogP contribution >= 0.6 is 0 Å². The van der Waals surface area contributed by atoms with Crippen LogP contribution in [0.5, 0.6) is 0 Å². The fourth-order valence-electron chi connectivity index (χ4n) is 3.75. The van der Waals surface area contributed by atoms with E-state index in [1.165, 1.54) is 6.92 Å². The first-order valence-corrected chi connectivity index (χ1v) is 9.35. The van der Waals surface area contributed by atoms with Gasteiger partial charge in [-0.2, -0.15) is 0 Å². The predicted octanol–water partition coefficient (Wildman–Crippen LogP) is 1.56. The number of hydrogen-bond donors (Lipinski definition) is 3. The fourth-order valence-corrected chi connectivity index (χ4v) is 3.75. The highest BCUT2D eigenvalue weighted by atomic mass is 16.5. The zero-order valence-electron chi connectivity index (χ0n) is 16.7. The van der Waals surface area contributed by atoms with E-state index in [4.69, 9.17) is 4.74 Å². The molecule has 1 fully saturated rings. The van der Waals surface area contributed by atoms with Gasteiger partial charge in [-0.3, -0.25) is 4.79 Å². The Hall–Kier alpha value is -0.690. The lowest BCUT2D eigenvalue weighted by atomic mass is 9.85. The van der Waals surface area contributed by atoms with Crippen LogP contribution in [0.3, 0.4) is 0 Å². The summed E-state index contributed by atoms with van der Waals surface area (Å²) in [4.78, 5) is 14.2. The number of hydrogen-bond acceptors (Lipinski definition) is 6. The fraction of sp³-hybridized carbons (Fsp3) is 0.947. The Morgan fingerprint density at radius 3 is 2.40 bits per heavy atom. The van der Waals surface area contributed by atoms with Gasteiger partial charge in [0.1, 0.15) is 18.3 Å². The second-order valence-electron chi connectivity index (χ2n) is 8.68. The molecule has 0 aromatic heterocycles. The van der Waals surface area contributed by atoms with Crippen LogP contribution in [0, 0.1) is 11.8 Å². The number of cyclic esters (lactones) is 1. The van der Waals surface area contributed by atoms with Crippen molar-refractivity contribution in [1.82, 2.24) is 4.90 Å². The van der Waals surface area contributed by atoms with E-state index in [9.17, 15) is 20.1 Å². The molecule has 0 bridgehead atoms. The SMILES string of the molecule is CC1C[C@@H](C)CC(C)(O)CCCN(C)[C@H](C)[C@@H](O)[C@@](C)(O)COC1=O. The van der Waals surface area contributed by atoms with Gasteiger partial charge in [0.2, 0.25) is 0 Å². The zero-order chi connectivity index (χ0) is 19.4. The van der Waals surface area contributed by atoms with E-state index in [0.29, 0.717) is 25.8 Å². The molecule has 25 heavy (non-hydrogen) atoms. The molecule has 2 unspecified atom stereocenters. The molecule has 0 spiro atoms. The summed E-state index contributed by atoms with van der Waals surface area (Å²) in [7, 11) is 1.88. The van der Waals surface area contributed by atoms with Crippen molar-refractivity contribution in [2.24, 2.45) is 11.8 Å². The van der Waals surface area contributed by atoms with Gasteiger partial charge in [-0.05, 0) is 66.0 Å². The summed E-state index contributed by atoms with van der Waals surface area (Å²) in [5.41, 5.74) is -2.29. The van der Waals surface area contributed by atoms with Gasteiger partial charge in [0.25, 0.3) is 0 Å². The minimum Gasteiger partial charge on any atom is -0.462 e. The smallest absolute Gasteiger partial charge is 0.308 e. The van der Waals surface area contributed by atoms with Crippen molar-refractivity contribution in [3.63, 3.8) is 0 Å². The van der Waals surface area contributed by atoms with Crippen LogP contribution in [0.4, 0.5) is 0 Å². The third kappa shape index (κ3) is 6.85. The van der Waals surface area contributed by atoms with E-state index in [1.54, 1.807) is 6.92 Å². The first kappa shape index (κ1) is 22.4. The minimum atomic E-state index is -1.51. The van der Waals surface area contributed by atoms with Crippen LogP contribution in [-0.2, 0) is 9.53 Å². The highest BCUT2D eigenvalue weighted by Gasteiger charge is 2.38. The molecule has 1 aliphatic rings. The standard InChI is InChI=1S/C19H37NO5/c1-13-10-14(2)17(22)25-12-19(5,24)16(21)15(3)20(6)9-7-8-18(4,23)11-13/h13-16,21,23-24H,7-12H2,1-6H3/t13-,14?,15-,16-,18?,19+/m1/s1. The number of ether oxygens (including phenoxy) is 1. The highest BCUT2D eigenvalue weighted by molar-refractivity contribution is 5.72. The third-order valence-electron chi connectivity index (χ3n) is 5.47. The second kappa shape index (κ2) is 8.80. The third-order valence-corrected chi connectivity index (χ3v) is 5.47. The summed E-state index contributed by atoms with van der Waals surface area (Å²) < 4.78 is 5.27. The molecule has 3 N–H and O–H groups in total. The Morgan fingerprint density at radius 2 is 1.80 bits per heavy atom. The van der Waals surface area contributed by atoms with Crippen molar-refractivity contribution >= 4 is 5.97 Å². The van der Waals surface area contributed by atoms with Crippen molar-refractivity contribution in [3.8, 4) is 0 Å². The Morgan fingerprint density at radius 1 is 1.20 bits per heavy atom. The van der Waals surface area contributed by atoms with E-state index in [1.807, 2.05) is 32.7 Å². The molecule has 1 saturated heterocycles. The number of carbonyl (C=O) groups is 1. The normalized spacial score (nSPS) is 43.8. The van der Waals surface area contributed by atoms with E-state index in [0.717, 1.165) is 6.42 Å². The summed E-state index contributed by atoms with van der Waals surface area (Å²) in [6.07, 6.45) is 1.64. The summed E-state index contributed by atoms with van der Waals surface area (Å²) in [5, 5.41) is 31.7. The lowest BCUT2D eigenvalue weighted by molar-refractivity contribution is -0.166. The molecular weight excluding hydrogens is 322 g/mol. The number of esters is 1. The maximum atomic E-state index is 12.2. The van der Waals surface area contributed by atoms with Gasteiger partial charge in [-0.15, -0.1) is 0 Å². The first-order chi connectivity index (χ1) is 11.4. The van der Waals surface area contributed by atoms with Crippen molar-refractivity contribution in [2.75, 3.05) is 20.2 Å². The highest BCUT2D eigenvalue weighted by Crippen LogP contribution is 2.27. The average Bonchev–Trinajstić information content (AvgIpc) is 2.49. The molecule has 0 aromatic carbocycles. The number of aliphatic hydroxyl groups is 3. The van der Waals surface area contributed by atoms with E-state index < -0.39 is 17.3 Å². The molecule has 6 nitrogen and oxygen atoms in total. The van der Waals surface area contributed by atoms with Gasteiger partial charge < -0.3 is 25.0 Å². The van der Waals surface area contributed by atoms with Crippen molar-refractivity contribution in [3.05, 3.63) is 0 Å². The molecule has 1 rings (SSSR count). The lowest BCUT2D eigenvalue weighted by Gasteiger charge is -2.37. The van der Waals surface area contributed by atoms with Crippen LogP contribution in [0.15, 0.2) is 0 Å². The summed E-state index contributed by atoms with van der Waals surface area (Å²) in [5.74, 6) is -0.510. The van der Waals surface area contributed by atoms with Crippen molar-refractivity contribution in [2.45, 2.75) is 83.6 Å². The molecule has 0 amide bonds. The minimum absolute atomic E-state index is 0.186. The van der Waals surface area contributed by atoms with Gasteiger partial charge in [-0.1, -0.05) is 13.8 Å². The zero-order valence-corrected chi connectivity index (χ0v) is 16.7. The topological polar surface area (TPSA) is 90.2 Å². The van der Waals surface area contributed by atoms with Gasteiger partial charge in [0.05, 0.1) is 11.5 Å². The maximum absolute atomic E-state index is 12.2. The number of nitrogens with zero attached hydrogens (tertiary/aromatic N) is 1. The van der Waals surface area contributed by atoms with Gasteiger partial charge in [0.15, 0.2) is 0 Å². The first-order valence-electron chi connectivity index (χ1n) is 9.35. The molecule has 0 radical (unpaired) electrons. The summed E-state index contributed by atoms with van der Waals surface area (Å²) >= 11 is 0. The van der Waals surface area contributed by atoms with Crippen molar-refractivity contribution < 1.29 is 24.9 Å². The van der Waals surface area contributed by atoms with E-state index >= 15 is 0 Å². The van der Waals surface area contributed by atoms with Crippen LogP contribution in [0.1, 0.15) is 60.3 Å². The van der Waals surface area contributed by atoms with Gasteiger partial charge in [-0.25, -0.2) is 0 Å². The molecule has 148 valence electrons. The van der Waals surface area contributed by atoms with Crippen LogP contribution in [0.25, 0.3) is 0 Å². The molecule has 0 aromatic rings. The molecule has 0 saturated carbocycles. The Bertz CT molecular complexity index is 438. The number of carbonyl (C=O) groups excluding carboxylic acids is 1. The van der Waals surface area contributed by atoms with E-state index in [2.05, 4.69) is 0 Å². The monoisotopic (exact) mass is 359 g/mol. The molecule has 1 aliphatic heterocycles. The van der Waals surface area contributed by atoms with Crippen LogP contribution < -0.4 is 0 Å². The quantitative estimate of drug-likeness (QED) is 0.569. The predicted molar refractivity (Wildman–Crippen MR) is 97.1 cm³/mol. The number of aliphatic hydroxyl groups excluding tert-OH is 1. The summed E-state index contributed by atoms with van der Waals surface area (Å²) in [6, 6.07) is -0.305. The number of rotatable bonds is 0. The van der Waals surface area contributed by atoms with Crippen LogP contribution in [-0.4, -0.2) is 69.7 Å². The molecule has 6 atom stereocenters. The molecule has 1 heterocycles. The largest absolute Gasteiger partial charge is 0.462 e. The Kier molecular flexibility index (Phi) is 7.87. The van der Waals surface area contributed by atoms with Crippen molar-refractivity contribution in [1.29, 1.82) is 0 Å².